The molecule has 0 aliphatic carbocycles. The topological polar surface area (TPSA) is 46.9 Å². The average Bonchev–Trinajstić information content (AvgIpc) is 3.10. The zero-order valence-electron chi connectivity index (χ0n) is 14.6. The van der Waals surface area contributed by atoms with E-state index in [-0.39, 0.29) is 5.91 Å². The first kappa shape index (κ1) is 17.3. The van der Waals surface area contributed by atoms with Crippen molar-refractivity contribution in [1.29, 1.82) is 0 Å². The zero-order valence-corrected chi connectivity index (χ0v) is 15.4. The molecular formula is C22H18ClN3O. The fourth-order valence-electron chi connectivity index (χ4n) is 3.16. The minimum Gasteiger partial charge on any atom is -0.311 e. The van der Waals surface area contributed by atoms with Gasteiger partial charge in [-0.25, -0.2) is 4.68 Å². The van der Waals surface area contributed by atoms with E-state index in [1.165, 1.54) is 0 Å². The van der Waals surface area contributed by atoms with Crippen molar-refractivity contribution in [1.82, 2.24) is 9.78 Å². The largest absolute Gasteiger partial charge is 0.311 e. The molecule has 0 atom stereocenters. The molecule has 0 spiro atoms. The van der Waals surface area contributed by atoms with Gasteiger partial charge in [0, 0.05) is 11.1 Å². The van der Waals surface area contributed by atoms with Crippen molar-refractivity contribution in [2.24, 2.45) is 0 Å². The maximum atomic E-state index is 12.6. The van der Waals surface area contributed by atoms with Gasteiger partial charge in [0.25, 0.3) is 0 Å². The van der Waals surface area contributed by atoms with Crippen LogP contribution >= 0.6 is 11.6 Å². The number of fused-ring (bicyclic) bond motifs is 1. The van der Waals surface area contributed by atoms with Gasteiger partial charge in [-0.2, -0.15) is 5.10 Å². The van der Waals surface area contributed by atoms with Gasteiger partial charge >= 0.3 is 0 Å². The van der Waals surface area contributed by atoms with Gasteiger partial charge in [0.1, 0.15) is 5.82 Å². The third-order valence-corrected chi connectivity index (χ3v) is 4.86. The van der Waals surface area contributed by atoms with Crippen LogP contribution in [-0.2, 0) is 17.8 Å². The van der Waals surface area contributed by atoms with Gasteiger partial charge in [-0.3, -0.25) is 4.79 Å². The number of rotatable bonds is 5. The highest BCUT2D eigenvalue weighted by atomic mass is 35.5. The van der Waals surface area contributed by atoms with Crippen molar-refractivity contribution in [2.45, 2.75) is 13.0 Å². The Kier molecular flexibility index (Phi) is 4.90. The summed E-state index contributed by atoms with van der Waals surface area (Å²) in [5.41, 5.74) is 1.95. The van der Waals surface area contributed by atoms with E-state index in [9.17, 15) is 4.79 Å². The Balaban J connectivity index is 1.51. The molecule has 0 aliphatic rings. The van der Waals surface area contributed by atoms with Gasteiger partial charge in [0.05, 0.1) is 19.2 Å². The second-order valence-electron chi connectivity index (χ2n) is 6.33. The van der Waals surface area contributed by atoms with Crippen LogP contribution in [-0.4, -0.2) is 15.7 Å². The Morgan fingerprint density at radius 1 is 0.926 bits per heavy atom. The number of amides is 1. The quantitative estimate of drug-likeness (QED) is 0.538. The van der Waals surface area contributed by atoms with E-state index in [1.54, 1.807) is 16.9 Å². The lowest BCUT2D eigenvalue weighted by molar-refractivity contribution is -0.115. The second-order valence-corrected chi connectivity index (χ2v) is 6.74. The van der Waals surface area contributed by atoms with Crippen LogP contribution in [0.25, 0.3) is 10.8 Å². The van der Waals surface area contributed by atoms with E-state index in [0.717, 1.165) is 21.9 Å². The summed E-state index contributed by atoms with van der Waals surface area (Å²) in [6.07, 6.45) is 1.98. The highest BCUT2D eigenvalue weighted by molar-refractivity contribution is 6.31. The average molecular weight is 376 g/mol. The van der Waals surface area contributed by atoms with E-state index < -0.39 is 0 Å². The van der Waals surface area contributed by atoms with Crippen molar-refractivity contribution in [2.75, 3.05) is 5.32 Å². The summed E-state index contributed by atoms with van der Waals surface area (Å²) >= 11 is 6.23. The van der Waals surface area contributed by atoms with Crippen LogP contribution in [0, 0.1) is 0 Å². The number of anilines is 1. The van der Waals surface area contributed by atoms with Crippen LogP contribution < -0.4 is 5.32 Å². The van der Waals surface area contributed by atoms with Crippen LogP contribution in [0.4, 0.5) is 5.82 Å². The molecule has 0 unspecified atom stereocenters. The van der Waals surface area contributed by atoms with Gasteiger partial charge in [0.15, 0.2) is 0 Å². The molecule has 0 radical (unpaired) electrons. The molecule has 4 rings (SSSR count). The molecule has 134 valence electrons. The summed E-state index contributed by atoms with van der Waals surface area (Å²) in [6, 6.07) is 23.5. The smallest absolute Gasteiger partial charge is 0.229 e. The zero-order chi connectivity index (χ0) is 18.6. The summed E-state index contributed by atoms with van der Waals surface area (Å²) in [5.74, 6) is 0.576. The maximum Gasteiger partial charge on any atom is 0.229 e. The summed E-state index contributed by atoms with van der Waals surface area (Å²) in [5, 5.41) is 10.2. The normalized spacial score (nSPS) is 10.9. The number of carbonyl (C=O) groups excluding carboxylic acids is 1. The van der Waals surface area contributed by atoms with E-state index in [2.05, 4.69) is 22.5 Å². The Bertz CT molecular complexity index is 1100. The minimum absolute atomic E-state index is 0.0766. The van der Waals surface area contributed by atoms with Crippen molar-refractivity contribution < 1.29 is 4.79 Å². The van der Waals surface area contributed by atoms with Crippen LogP contribution in [0.1, 0.15) is 11.1 Å². The molecule has 0 aliphatic heterocycles. The molecule has 4 nitrogen and oxygen atoms in total. The van der Waals surface area contributed by atoms with Gasteiger partial charge < -0.3 is 5.32 Å². The van der Waals surface area contributed by atoms with E-state index >= 15 is 0 Å². The van der Waals surface area contributed by atoms with Gasteiger partial charge in [-0.1, -0.05) is 72.3 Å². The summed E-state index contributed by atoms with van der Waals surface area (Å²) in [4.78, 5) is 12.6. The molecule has 1 aromatic heterocycles. The first-order chi connectivity index (χ1) is 13.2. The van der Waals surface area contributed by atoms with Crippen LogP contribution in [0.2, 0.25) is 5.02 Å². The standard InChI is InChI=1S/C22H18ClN3O/c23-20-11-4-2-7-18(20)15-26-21(12-13-24-26)25-22(27)14-17-9-5-8-16-6-1-3-10-19(16)17/h1-13H,14-15H2,(H,25,27). The predicted molar refractivity (Wildman–Crippen MR) is 109 cm³/mol. The second kappa shape index (κ2) is 7.64. The number of aromatic nitrogens is 2. The van der Waals surface area contributed by atoms with Gasteiger partial charge in [-0.05, 0) is 28.0 Å². The van der Waals surface area contributed by atoms with Crippen molar-refractivity contribution in [3.05, 3.63) is 95.1 Å². The highest BCUT2D eigenvalue weighted by Gasteiger charge is 2.11. The summed E-state index contributed by atoms with van der Waals surface area (Å²) < 4.78 is 1.74. The Labute approximate surface area is 162 Å². The SMILES string of the molecule is O=C(Cc1cccc2ccccc12)Nc1ccnn1Cc1ccccc1Cl. The Hall–Kier alpha value is -3.11. The number of hydrogen-bond acceptors (Lipinski definition) is 2. The summed E-state index contributed by atoms with van der Waals surface area (Å²) in [7, 11) is 0. The van der Waals surface area contributed by atoms with Crippen LogP contribution in [0.5, 0.6) is 0 Å². The Morgan fingerprint density at radius 2 is 1.67 bits per heavy atom. The van der Waals surface area contributed by atoms with E-state index in [4.69, 9.17) is 11.6 Å². The number of nitrogens with zero attached hydrogens (tertiary/aromatic N) is 2. The monoisotopic (exact) mass is 375 g/mol. The Morgan fingerprint density at radius 3 is 2.56 bits per heavy atom. The molecule has 27 heavy (non-hydrogen) atoms. The van der Waals surface area contributed by atoms with E-state index in [0.29, 0.717) is 23.8 Å². The molecule has 4 aromatic rings. The fraction of sp³-hybridized carbons (Fsp3) is 0.0909. The first-order valence-corrected chi connectivity index (χ1v) is 9.10. The van der Waals surface area contributed by atoms with Crippen molar-refractivity contribution in [3.63, 3.8) is 0 Å². The molecule has 5 heteroatoms. The molecule has 3 aromatic carbocycles. The number of nitrogens with one attached hydrogen (secondary N) is 1. The lowest BCUT2D eigenvalue weighted by atomic mass is 10.0. The highest BCUT2D eigenvalue weighted by Crippen LogP contribution is 2.20. The molecule has 0 saturated carbocycles. The lowest BCUT2D eigenvalue weighted by Crippen LogP contribution is -2.18. The fourth-order valence-corrected chi connectivity index (χ4v) is 3.35. The number of hydrogen-bond donors (Lipinski definition) is 1. The van der Waals surface area contributed by atoms with E-state index in [1.807, 2.05) is 54.6 Å². The molecule has 1 amide bonds. The molecule has 0 bridgehead atoms. The number of carbonyl (C=O) groups is 1. The predicted octanol–water partition coefficient (Wildman–Crippen LogP) is 4.92. The maximum absolute atomic E-state index is 12.6. The molecule has 0 fully saturated rings. The van der Waals surface area contributed by atoms with Crippen molar-refractivity contribution in [3.8, 4) is 0 Å². The van der Waals surface area contributed by atoms with Gasteiger partial charge in [-0.15, -0.1) is 0 Å². The molecule has 0 saturated heterocycles. The van der Waals surface area contributed by atoms with Crippen LogP contribution in [0.3, 0.4) is 0 Å². The third kappa shape index (κ3) is 3.86. The van der Waals surface area contributed by atoms with Gasteiger partial charge in [0.2, 0.25) is 5.91 Å². The number of benzene rings is 3. The molecular weight excluding hydrogens is 358 g/mol. The molecule has 1 N–H and O–H groups in total. The summed E-state index contributed by atoms with van der Waals surface area (Å²) in [6.45, 7) is 0.497. The lowest BCUT2D eigenvalue weighted by Gasteiger charge is -2.11. The first-order valence-electron chi connectivity index (χ1n) is 8.72. The van der Waals surface area contributed by atoms with Crippen LogP contribution in [0.15, 0.2) is 79.0 Å². The number of halogens is 1. The third-order valence-electron chi connectivity index (χ3n) is 4.49. The van der Waals surface area contributed by atoms with Crippen molar-refractivity contribution >= 4 is 34.1 Å². The minimum atomic E-state index is -0.0766. The molecule has 1 heterocycles.